The summed E-state index contributed by atoms with van der Waals surface area (Å²) < 4.78 is 14.8. The third-order valence-corrected chi connectivity index (χ3v) is 4.40. The van der Waals surface area contributed by atoms with Gasteiger partial charge in [0.2, 0.25) is 5.91 Å². The third-order valence-electron chi connectivity index (χ3n) is 4.21. The quantitative estimate of drug-likeness (QED) is 0.379. The van der Waals surface area contributed by atoms with E-state index in [9.17, 15) is 23.6 Å². The first-order valence-corrected chi connectivity index (χ1v) is 9.95. The van der Waals surface area contributed by atoms with E-state index in [0.29, 0.717) is 10.5 Å². The van der Waals surface area contributed by atoms with Crippen molar-refractivity contribution in [3.8, 4) is 0 Å². The highest BCUT2D eigenvalue weighted by Crippen LogP contribution is 2.10. The minimum atomic E-state index is -2.43. The van der Waals surface area contributed by atoms with E-state index in [1.807, 2.05) is 13.8 Å². The minimum absolute atomic E-state index is 0.00570. The van der Waals surface area contributed by atoms with Gasteiger partial charge in [0, 0.05) is 12.6 Å². The van der Waals surface area contributed by atoms with Crippen molar-refractivity contribution in [1.82, 2.24) is 25.4 Å². The Hall–Kier alpha value is -3.21. The number of nitrogens with one attached hydrogen (secondary N) is 2. The second kappa shape index (κ2) is 10.7. The molecule has 0 aromatic carbocycles. The Bertz CT molecular complexity index is 931. The summed E-state index contributed by atoms with van der Waals surface area (Å²) >= 11 is 5.18. The van der Waals surface area contributed by atoms with Gasteiger partial charge in [-0.1, -0.05) is 31.5 Å². The molecule has 168 valence electrons. The molecule has 0 radical (unpaired) electrons. The number of carbonyl (C=O) groups is 4. The first kappa shape index (κ1) is 24.1. The molecule has 10 nitrogen and oxygen atoms in total. The Morgan fingerprint density at radius 3 is 2.58 bits per heavy atom. The van der Waals surface area contributed by atoms with Crippen LogP contribution in [0.25, 0.3) is 5.52 Å². The molecule has 0 saturated heterocycles. The van der Waals surface area contributed by atoms with Gasteiger partial charge in [-0.15, -0.1) is 0 Å². The lowest BCUT2D eigenvalue weighted by atomic mass is 10.0. The van der Waals surface area contributed by atoms with E-state index in [2.05, 4.69) is 15.8 Å². The fourth-order valence-corrected chi connectivity index (χ4v) is 2.87. The van der Waals surface area contributed by atoms with E-state index in [-0.39, 0.29) is 31.0 Å². The van der Waals surface area contributed by atoms with E-state index in [0.717, 1.165) is 0 Å². The number of alkyl halides is 2. The number of carbonyl (C=O) groups excluding carboxylic acids is 4. The summed E-state index contributed by atoms with van der Waals surface area (Å²) in [4.78, 5) is 48.4. The van der Waals surface area contributed by atoms with Gasteiger partial charge in [0.15, 0.2) is 5.69 Å². The van der Waals surface area contributed by atoms with Crippen molar-refractivity contribution in [2.24, 2.45) is 11.7 Å². The molecule has 4 amide bonds. The predicted octanol–water partition coefficient (Wildman–Crippen LogP) is 0.748. The molecule has 2 aromatic heterocycles. The second-order valence-corrected chi connectivity index (χ2v) is 7.62. The van der Waals surface area contributed by atoms with Gasteiger partial charge in [0.1, 0.15) is 6.04 Å². The van der Waals surface area contributed by atoms with Crippen molar-refractivity contribution in [3.63, 3.8) is 0 Å². The van der Waals surface area contributed by atoms with Crippen molar-refractivity contribution in [1.29, 1.82) is 0 Å². The van der Waals surface area contributed by atoms with Crippen molar-refractivity contribution >= 4 is 40.7 Å². The molecule has 4 N–H and O–H groups in total. The molecule has 12 heteroatoms. The molecule has 0 unspecified atom stereocenters. The number of aromatic nitrogens is 2. The largest absolute Gasteiger partial charge is 0.370 e. The Morgan fingerprint density at radius 2 is 2.00 bits per heavy atom. The molecule has 0 aliphatic rings. The number of hydrogen-bond donors (Lipinski definition) is 3. The highest BCUT2D eigenvalue weighted by molar-refractivity contribution is 6.29. The molecule has 0 spiro atoms. The van der Waals surface area contributed by atoms with E-state index in [4.69, 9.17) is 17.3 Å². The Labute approximate surface area is 182 Å². The van der Waals surface area contributed by atoms with Gasteiger partial charge in [0.05, 0.1) is 12.1 Å². The van der Waals surface area contributed by atoms with Crippen molar-refractivity contribution in [2.45, 2.75) is 38.4 Å². The molecule has 0 aliphatic carbocycles. The fourth-order valence-electron chi connectivity index (χ4n) is 2.76. The van der Waals surface area contributed by atoms with E-state index in [1.54, 1.807) is 30.5 Å². The van der Waals surface area contributed by atoms with Gasteiger partial charge in [-0.05, 0) is 30.5 Å². The van der Waals surface area contributed by atoms with Crippen LogP contribution in [-0.4, -0.2) is 56.5 Å². The number of fused-ring (bicyclic) bond motifs is 1. The highest BCUT2D eigenvalue weighted by Gasteiger charge is 2.29. The molecule has 2 aromatic rings. The average molecular weight is 455 g/mol. The van der Waals surface area contributed by atoms with Crippen LogP contribution in [0.4, 0.5) is 4.39 Å². The standard InChI is InChI=1S/C19H24ClFN6O4/c1-11(2)9-13(18(30)25-27(8-6-15(22)28)19(31)16(20)21)23-17(29)14-10-12-5-3-4-7-26(12)24-14/h3-5,7,10-11,13,16H,6,8-9H2,1-2H3,(H2,22,28)(H,23,29)(H,25,30)/t13-,16-/m0/s1. The smallest absolute Gasteiger partial charge is 0.291 e. The summed E-state index contributed by atoms with van der Waals surface area (Å²) in [5, 5.41) is 7.31. The van der Waals surface area contributed by atoms with Crippen LogP contribution in [0.15, 0.2) is 30.5 Å². The number of primary amides is 1. The molecule has 0 saturated carbocycles. The Balaban J connectivity index is 2.16. The van der Waals surface area contributed by atoms with Crippen LogP contribution in [0.3, 0.4) is 0 Å². The lowest BCUT2D eigenvalue weighted by molar-refractivity contribution is -0.144. The number of rotatable bonds is 9. The molecule has 2 rings (SSSR count). The summed E-state index contributed by atoms with van der Waals surface area (Å²) in [6.07, 6.45) is 1.58. The number of amides is 4. The van der Waals surface area contributed by atoms with E-state index >= 15 is 0 Å². The van der Waals surface area contributed by atoms with Gasteiger partial charge in [-0.25, -0.2) is 13.9 Å². The van der Waals surface area contributed by atoms with Crippen LogP contribution < -0.4 is 16.5 Å². The topological polar surface area (TPSA) is 139 Å². The summed E-state index contributed by atoms with van der Waals surface area (Å²) in [5.41, 5.74) is 5.63. The molecule has 31 heavy (non-hydrogen) atoms. The van der Waals surface area contributed by atoms with Gasteiger partial charge >= 0.3 is 0 Å². The van der Waals surface area contributed by atoms with Crippen LogP contribution in [-0.2, 0) is 14.4 Å². The second-order valence-electron chi connectivity index (χ2n) is 7.24. The Morgan fingerprint density at radius 1 is 1.29 bits per heavy atom. The summed E-state index contributed by atoms with van der Waals surface area (Å²) in [7, 11) is 0. The van der Waals surface area contributed by atoms with Gasteiger partial charge in [0.25, 0.3) is 23.4 Å². The molecule has 2 atom stereocenters. The number of pyridine rings is 1. The average Bonchev–Trinajstić information content (AvgIpc) is 3.13. The maximum absolute atomic E-state index is 13.3. The van der Waals surface area contributed by atoms with Crippen LogP contribution >= 0.6 is 11.6 Å². The Kier molecular flexibility index (Phi) is 8.31. The van der Waals surface area contributed by atoms with E-state index < -0.39 is 35.3 Å². The molecular formula is C19H24ClFN6O4. The number of hydrogen-bond acceptors (Lipinski definition) is 5. The first-order valence-electron chi connectivity index (χ1n) is 9.52. The monoisotopic (exact) mass is 454 g/mol. The van der Waals surface area contributed by atoms with Crippen molar-refractivity contribution < 1.29 is 23.6 Å². The lowest BCUT2D eigenvalue weighted by Gasteiger charge is -2.26. The summed E-state index contributed by atoms with van der Waals surface area (Å²) in [6, 6.07) is 5.81. The van der Waals surface area contributed by atoms with Crippen LogP contribution in [0.1, 0.15) is 37.2 Å². The zero-order valence-electron chi connectivity index (χ0n) is 17.0. The lowest BCUT2D eigenvalue weighted by Crippen LogP contribution is -2.56. The van der Waals surface area contributed by atoms with E-state index in [1.165, 1.54) is 4.52 Å². The van der Waals surface area contributed by atoms with Gasteiger partial charge in [-0.2, -0.15) is 5.10 Å². The minimum Gasteiger partial charge on any atom is -0.370 e. The molecule has 0 fully saturated rings. The number of nitrogens with zero attached hydrogens (tertiary/aromatic N) is 3. The molecule has 0 aliphatic heterocycles. The fraction of sp³-hybridized carbons (Fsp3) is 0.421. The first-order chi connectivity index (χ1) is 14.6. The third kappa shape index (κ3) is 6.92. The molecule has 2 heterocycles. The molecular weight excluding hydrogens is 431 g/mol. The summed E-state index contributed by atoms with van der Waals surface area (Å²) in [6.45, 7) is 3.30. The van der Waals surface area contributed by atoms with Crippen LogP contribution in [0.2, 0.25) is 0 Å². The maximum atomic E-state index is 13.3. The zero-order chi connectivity index (χ0) is 23.1. The molecule has 0 bridgehead atoms. The predicted molar refractivity (Wildman–Crippen MR) is 110 cm³/mol. The highest BCUT2D eigenvalue weighted by atomic mass is 35.5. The van der Waals surface area contributed by atoms with Crippen molar-refractivity contribution in [2.75, 3.05) is 6.54 Å². The van der Waals surface area contributed by atoms with Crippen molar-refractivity contribution in [3.05, 3.63) is 36.2 Å². The number of halogens is 2. The van der Waals surface area contributed by atoms with Gasteiger partial charge in [-0.3, -0.25) is 24.6 Å². The van der Waals surface area contributed by atoms with Crippen LogP contribution in [0.5, 0.6) is 0 Å². The SMILES string of the molecule is CC(C)C[C@H](NC(=O)c1cc2ccccn2n1)C(=O)NN(CCC(N)=O)C(=O)[C@H](F)Cl. The zero-order valence-corrected chi connectivity index (χ0v) is 17.8. The maximum Gasteiger partial charge on any atom is 0.291 e. The summed E-state index contributed by atoms with van der Waals surface area (Å²) in [5.74, 6) is -3.39. The normalized spacial score (nSPS) is 12.9. The number of hydrazine groups is 1. The van der Waals surface area contributed by atoms with Gasteiger partial charge < -0.3 is 11.1 Å². The number of nitrogens with two attached hydrogens (primary N) is 1. The van der Waals surface area contributed by atoms with Crippen LogP contribution in [0, 0.1) is 5.92 Å².